The van der Waals surface area contributed by atoms with Crippen LogP contribution in [0.15, 0.2) is 0 Å². The van der Waals surface area contributed by atoms with Crippen LogP contribution in [0.5, 0.6) is 0 Å². The maximum absolute atomic E-state index is 11.7. The number of likely N-dealkylation sites (N-methyl/N-ethyl adjacent to an activating group) is 1. The topological polar surface area (TPSA) is 61.4 Å². The number of rotatable bonds is 10. The van der Waals surface area contributed by atoms with Crippen molar-refractivity contribution in [2.75, 3.05) is 39.5 Å². The van der Waals surface area contributed by atoms with Gasteiger partial charge >= 0.3 is 0 Å². The van der Waals surface area contributed by atoms with Crippen LogP contribution in [0.1, 0.15) is 38.5 Å². The predicted octanol–water partition coefficient (Wildman–Crippen LogP) is 0.780. The molecule has 0 atom stereocenters. The maximum atomic E-state index is 11.7. The lowest BCUT2D eigenvalue weighted by molar-refractivity contribution is 0.250. The van der Waals surface area contributed by atoms with Gasteiger partial charge < -0.3 is 10.2 Å². The van der Waals surface area contributed by atoms with Gasteiger partial charge in [-0.2, -0.15) is 0 Å². The first-order chi connectivity index (χ1) is 9.05. The lowest BCUT2D eigenvalue weighted by Gasteiger charge is -2.23. The standard InChI is InChI=1S/C13H29N3O2S/c1-14-9-5-6-12-19(17,18)15-10-11-16(2)13-7-3-4-8-13/h13-15H,3-12H2,1-2H3. The van der Waals surface area contributed by atoms with E-state index < -0.39 is 10.0 Å². The second kappa shape index (κ2) is 8.89. The Morgan fingerprint density at radius 1 is 1.16 bits per heavy atom. The van der Waals surface area contributed by atoms with E-state index in [1.807, 2.05) is 7.05 Å². The molecule has 6 heteroatoms. The Labute approximate surface area is 118 Å². The second-order valence-corrected chi connectivity index (χ2v) is 7.37. The third-order valence-corrected chi connectivity index (χ3v) is 5.29. The number of sulfonamides is 1. The first-order valence-corrected chi connectivity index (χ1v) is 9.02. The van der Waals surface area contributed by atoms with Crippen LogP contribution in [0, 0.1) is 0 Å². The minimum absolute atomic E-state index is 0.238. The summed E-state index contributed by atoms with van der Waals surface area (Å²) in [6.45, 7) is 2.21. The van der Waals surface area contributed by atoms with Gasteiger partial charge in [-0.3, -0.25) is 0 Å². The summed E-state index contributed by atoms with van der Waals surface area (Å²) in [6, 6.07) is 0.653. The monoisotopic (exact) mass is 291 g/mol. The van der Waals surface area contributed by atoms with Crippen LogP contribution in [0.4, 0.5) is 0 Å². The summed E-state index contributed by atoms with van der Waals surface area (Å²) in [5.41, 5.74) is 0. The lowest BCUT2D eigenvalue weighted by atomic mass is 10.2. The fourth-order valence-electron chi connectivity index (χ4n) is 2.57. The fourth-order valence-corrected chi connectivity index (χ4v) is 3.70. The summed E-state index contributed by atoms with van der Waals surface area (Å²) >= 11 is 0. The molecule has 19 heavy (non-hydrogen) atoms. The molecule has 0 spiro atoms. The van der Waals surface area contributed by atoms with Gasteiger partial charge in [-0.15, -0.1) is 0 Å². The highest BCUT2D eigenvalue weighted by molar-refractivity contribution is 7.89. The van der Waals surface area contributed by atoms with Crippen LogP contribution in [0.2, 0.25) is 0 Å². The highest BCUT2D eigenvalue weighted by atomic mass is 32.2. The minimum atomic E-state index is -3.09. The van der Waals surface area contributed by atoms with Crippen LogP contribution in [0.25, 0.3) is 0 Å². The normalized spacial score (nSPS) is 17.4. The van der Waals surface area contributed by atoms with E-state index in [9.17, 15) is 8.42 Å². The van der Waals surface area contributed by atoms with Crippen LogP contribution in [0.3, 0.4) is 0 Å². The van der Waals surface area contributed by atoms with E-state index in [1.165, 1.54) is 25.7 Å². The molecule has 0 aromatic rings. The fraction of sp³-hybridized carbons (Fsp3) is 1.00. The molecule has 114 valence electrons. The molecule has 1 aliphatic carbocycles. The second-order valence-electron chi connectivity index (χ2n) is 5.44. The number of hydrogen-bond acceptors (Lipinski definition) is 4. The van der Waals surface area contributed by atoms with Gasteiger partial charge in [0.15, 0.2) is 0 Å². The van der Waals surface area contributed by atoms with Crippen LogP contribution < -0.4 is 10.0 Å². The molecular formula is C13H29N3O2S. The molecule has 0 radical (unpaired) electrons. The molecule has 0 heterocycles. The van der Waals surface area contributed by atoms with Crippen molar-refractivity contribution in [3.63, 3.8) is 0 Å². The molecule has 2 N–H and O–H groups in total. The molecule has 0 aromatic carbocycles. The molecule has 1 saturated carbocycles. The van der Waals surface area contributed by atoms with Crippen molar-refractivity contribution < 1.29 is 8.42 Å². The molecule has 0 amide bonds. The molecule has 0 saturated heterocycles. The zero-order valence-corrected chi connectivity index (χ0v) is 13.1. The molecular weight excluding hydrogens is 262 g/mol. The van der Waals surface area contributed by atoms with Crippen LogP contribution in [-0.4, -0.2) is 58.8 Å². The Morgan fingerprint density at radius 3 is 2.47 bits per heavy atom. The van der Waals surface area contributed by atoms with Gasteiger partial charge in [-0.1, -0.05) is 12.8 Å². The van der Waals surface area contributed by atoms with E-state index in [2.05, 4.69) is 22.0 Å². The summed E-state index contributed by atoms with van der Waals surface area (Å²) in [4.78, 5) is 2.29. The maximum Gasteiger partial charge on any atom is 0.211 e. The first-order valence-electron chi connectivity index (χ1n) is 7.37. The third-order valence-electron chi connectivity index (χ3n) is 3.82. The number of nitrogens with zero attached hydrogens (tertiary/aromatic N) is 1. The van der Waals surface area contributed by atoms with Crippen molar-refractivity contribution in [1.82, 2.24) is 14.9 Å². The zero-order chi connectivity index (χ0) is 14.1. The van der Waals surface area contributed by atoms with E-state index in [0.29, 0.717) is 19.0 Å². The smallest absolute Gasteiger partial charge is 0.211 e. The zero-order valence-electron chi connectivity index (χ0n) is 12.3. The first kappa shape index (κ1) is 16.9. The Hall–Kier alpha value is -0.170. The van der Waals surface area contributed by atoms with E-state index in [-0.39, 0.29) is 5.75 Å². The molecule has 1 rings (SSSR count). The molecule has 0 unspecified atom stereocenters. The summed E-state index contributed by atoms with van der Waals surface area (Å²) in [5, 5.41) is 3.02. The largest absolute Gasteiger partial charge is 0.320 e. The summed E-state index contributed by atoms with van der Waals surface area (Å²) in [6.07, 6.45) is 6.76. The Morgan fingerprint density at radius 2 is 1.84 bits per heavy atom. The van der Waals surface area contributed by atoms with Gasteiger partial charge in [-0.25, -0.2) is 13.1 Å². The van der Waals surface area contributed by atoms with Gasteiger partial charge in [0.1, 0.15) is 0 Å². The van der Waals surface area contributed by atoms with Crippen molar-refractivity contribution in [3.8, 4) is 0 Å². The van der Waals surface area contributed by atoms with Crippen molar-refractivity contribution in [2.24, 2.45) is 0 Å². The van der Waals surface area contributed by atoms with Crippen LogP contribution in [-0.2, 0) is 10.0 Å². The Bertz CT molecular complexity index is 327. The van der Waals surface area contributed by atoms with Crippen molar-refractivity contribution in [3.05, 3.63) is 0 Å². The Balaban J connectivity index is 2.12. The highest BCUT2D eigenvalue weighted by Crippen LogP contribution is 2.21. The number of hydrogen-bond donors (Lipinski definition) is 2. The predicted molar refractivity (Wildman–Crippen MR) is 79.8 cm³/mol. The minimum Gasteiger partial charge on any atom is -0.320 e. The van der Waals surface area contributed by atoms with Gasteiger partial charge in [-0.05, 0) is 46.3 Å². The highest BCUT2D eigenvalue weighted by Gasteiger charge is 2.19. The number of unbranched alkanes of at least 4 members (excludes halogenated alkanes) is 1. The molecule has 1 aliphatic rings. The Kier molecular flexibility index (Phi) is 7.90. The molecule has 1 fully saturated rings. The van der Waals surface area contributed by atoms with E-state index in [1.54, 1.807) is 0 Å². The van der Waals surface area contributed by atoms with E-state index in [4.69, 9.17) is 0 Å². The molecule has 0 bridgehead atoms. The van der Waals surface area contributed by atoms with Crippen LogP contribution >= 0.6 is 0 Å². The van der Waals surface area contributed by atoms with Crippen molar-refractivity contribution in [1.29, 1.82) is 0 Å². The van der Waals surface area contributed by atoms with Gasteiger partial charge in [0.25, 0.3) is 0 Å². The molecule has 0 aromatic heterocycles. The number of nitrogens with one attached hydrogen (secondary N) is 2. The average molecular weight is 291 g/mol. The summed E-state index contributed by atoms with van der Waals surface area (Å²) < 4.78 is 26.2. The van der Waals surface area contributed by atoms with Crippen molar-refractivity contribution >= 4 is 10.0 Å². The van der Waals surface area contributed by atoms with E-state index >= 15 is 0 Å². The lowest BCUT2D eigenvalue weighted by Crippen LogP contribution is -2.38. The van der Waals surface area contributed by atoms with Gasteiger partial charge in [0.2, 0.25) is 10.0 Å². The summed E-state index contributed by atoms with van der Waals surface area (Å²) in [7, 11) is 0.889. The van der Waals surface area contributed by atoms with Gasteiger partial charge in [0, 0.05) is 19.1 Å². The van der Waals surface area contributed by atoms with Crippen molar-refractivity contribution in [2.45, 2.75) is 44.6 Å². The summed E-state index contributed by atoms with van der Waals surface area (Å²) in [5.74, 6) is 0.238. The molecule has 0 aliphatic heterocycles. The third kappa shape index (κ3) is 7.25. The van der Waals surface area contributed by atoms with E-state index in [0.717, 1.165) is 19.5 Å². The molecule has 5 nitrogen and oxygen atoms in total. The SMILES string of the molecule is CNCCCCS(=O)(=O)NCCN(C)C1CCCC1. The average Bonchev–Trinajstić information content (AvgIpc) is 2.88. The van der Waals surface area contributed by atoms with Gasteiger partial charge in [0.05, 0.1) is 5.75 Å². The quantitative estimate of drug-likeness (QED) is 0.584.